The van der Waals surface area contributed by atoms with Gasteiger partial charge in [-0.1, -0.05) is 153 Å². The van der Waals surface area contributed by atoms with E-state index in [-0.39, 0.29) is 5.41 Å². The lowest BCUT2D eigenvalue weighted by Gasteiger charge is -2.29. The lowest BCUT2D eigenvalue weighted by atomic mass is 9.82. The van der Waals surface area contributed by atoms with Crippen molar-refractivity contribution in [3.05, 3.63) is 187 Å². The second-order valence-corrected chi connectivity index (χ2v) is 14.2. The molecule has 0 spiro atoms. The van der Waals surface area contributed by atoms with E-state index in [9.17, 15) is 0 Å². The summed E-state index contributed by atoms with van der Waals surface area (Å²) in [6.07, 6.45) is 0. The largest absolute Gasteiger partial charge is 0.310 e. The highest BCUT2D eigenvalue weighted by Gasteiger charge is 2.35. The summed E-state index contributed by atoms with van der Waals surface area (Å²) in [6, 6.07) is 65.1. The van der Waals surface area contributed by atoms with Gasteiger partial charge in [0.15, 0.2) is 0 Å². The van der Waals surface area contributed by atoms with Gasteiger partial charge in [0, 0.05) is 22.4 Å². The molecule has 9 aromatic carbocycles. The number of hydrogen-bond donors (Lipinski definition) is 0. The Morgan fingerprint density at radius 2 is 0.940 bits per heavy atom. The van der Waals surface area contributed by atoms with E-state index < -0.39 is 0 Å². The molecule has 0 saturated carbocycles. The van der Waals surface area contributed by atoms with E-state index >= 15 is 0 Å². The van der Waals surface area contributed by atoms with E-state index in [1.54, 1.807) is 0 Å². The first kappa shape index (κ1) is 28.8. The van der Waals surface area contributed by atoms with Crippen LogP contribution < -0.4 is 4.90 Å². The molecule has 0 aromatic heterocycles. The monoisotopic (exact) mass is 637 g/mol. The summed E-state index contributed by atoms with van der Waals surface area (Å²) >= 11 is 0. The molecule has 9 aromatic rings. The molecule has 10 rings (SSSR count). The van der Waals surface area contributed by atoms with E-state index in [1.807, 2.05) is 0 Å². The minimum absolute atomic E-state index is 0.0491. The Morgan fingerprint density at radius 3 is 1.80 bits per heavy atom. The van der Waals surface area contributed by atoms with Gasteiger partial charge in [-0.05, 0) is 107 Å². The average Bonchev–Trinajstić information content (AvgIpc) is 3.40. The van der Waals surface area contributed by atoms with Crippen LogP contribution in [0.3, 0.4) is 0 Å². The number of anilines is 3. The molecule has 236 valence electrons. The first-order valence-electron chi connectivity index (χ1n) is 17.5. The Labute approximate surface area is 292 Å². The lowest BCUT2D eigenvalue weighted by Crippen LogP contribution is -2.15. The van der Waals surface area contributed by atoms with Crippen LogP contribution in [-0.2, 0) is 5.41 Å². The van der Waals surface area contributed by atoms with Crippen LogP contribution in [0.4, 0.5) is 17.1 Å². The molecule has 1 aliphatic rings. The van der Waals surface area contributed by atoms with Gasteiger partial charge in [-0.3, -0.25) is 0 Å². The van der Waals surface area contributed by atoms with Crippen molar-refractivity contribution in [1.29, 1.82) is 0 Å². The summed E-state index contributed by atoms with van der Waals surface area (Å²) in [4.78, 5) is 2.46. The van der Waals surface area contributed by atoms with E-state index in [0.29, 0.717) is 0 Å². The van der Waals surface area contributed by atoms with E-state index in [0.717, 1.165) is 17.1 Å². The Hall–Kier alpha value is -6.18. The van der Waals surface area contributed by atoms with Gasteiger partial charge in [-0.15, -0.1) is 0 Å². The third kappa shape index (κ3) is 4.33. The predicted molar refractivity (Wildman–Crippen MR) is 214 cm³/mol. The maximum absolute atomic E-state index is 2.46. The van der Waals surface area contributed by atoms with Crippen molar-refractivity contribution in [2.45, 2.75) is 19.3 Å². The van der Waals surface area contributed by atoms with Crippen molar-refractivity contribution in [3.8, 4) is 22.3 Å². The average molecular weight is 638 g/mol. The van der Waals surface area contributed by atoms with Gasteiger partial charge in [-0.2, -0.15) is 0 Å². The molecule has 0 atom stereocenters. The minimum Gasteiger partial charge on any atom is -0.310 e. The van der Waals surface area contributed by atoms with Crippen LogP contribution in [0.15, 0.2) is 176 Å². The number of fused-ring (bicyclic) bond motifs is 9. The van der Waals surface area contributed by atoms with E-state index in [2.05, 4.69) is 195 Å². The van der Waals surface area contributed by atoms with E-state index in [4.69, 9.17) is 0 Å². The summed E-state index contributed by atoms with van der Waals surface area (Å²) in [6.45, 7) is 4.70. The van der Waals surface area contributed by atoms with Crippen molar-refractivity contribution in [2.75, 3.05) is 4.90 Å². The fraction of sp³-hybridized carbons (Fsp3) is 0.0612. The Morgan fingerprint density at radius 1 is 0.360 bits per heavy atom. The van der Waals surface area contributed by atoms with Gasteiger partial charge in [0.05, 0.1) is 5.69 Å². The maximum atomic E-state index is 2.46. The summed E-state index contributed by atoms with van der Waals surface area (Å²) < 4.78 is 0. The third-order valence-electron chi connectivity index (χ3n) is 11.0. The Bertz CT molecular complexity index is 2800. The molecular weight excluding hydrogens is 603 g/mol. The summed E-state index contributed by atoms with van der Waals surface area (Å²) in [5.41, 5.74) is 11.2. The number of para-hydroxylation sites is 1. The smallest absolute Gasteiger partial charge is 0.0540 e. The van der Waals surface area contributed by atoms with Gasteiger partial charge in [0.2, 0.25) is 0 Å². The van der Waals surface area contributed by atoms with Crippen molar-refractivity contribution in [2.24, 2.45) is 0 Å². The molecule has 0 aliphatic heterocycles. The third-order valence-corrected chi connectivity index (χ3v) is 11.0. The van der Waals surface area contributed by atoms with Crippen LogP contribution in [0, 0.1) is 0 Å². The second kappa shape index (κ2) is 10.9. The molecule has 1 aliphatic carbocycles. The molecule has 0 amide bonds. The molecule has 0 heterocycles. The first-order valence-corrected chi connectivity index (χ1v) is 17.5. The van der Waals surface area contributed by atoms with Crippen LogP contribution in [0.5, 0.6) is 0 Å². The zero-order valence-electron chi connectivity index (χ0n) is 28.2. The predicted octanol–water partition coefficient (Wildman–Crippen LogP) is 13.7. The number of rotatable bonds is 4. The van der Waals surface area contributed by atoms with Crippen LogP contribution in [0.2, 0.25) is 0 Å². The summed E-state index contributed by atoms with van der Waals surface area (Å²) in [7, 11) is 0. The fourth-order valence-electron chi connectivity index (χ4n) is 8.50. The number of hydrogen-bond acceptors (Lipinski definition) is 1. The van der Waals surface area contributed by atoms with Gasteiger partial charge < -0.3 is 4.90 Å². The zero-order valence-corrected chi connectivity index (χ0v) is 28.2. The topological polar surface area (TPSA) is 3.24 Å². The maximum Gasteiger partial charge on any atom is 0.0540 e. The molecule has 0 unspecified atom stereocenters. The SMILES string of the molecule is CC1(C)c2ccccc2-c2cc(N(c3ccc4c(ccc5c6ccccc6ccc45)c3)c3ccccc3-c3ccc4ccccc4c3)ccc21. The minimum atomic E-state index is -0.0491. The Kier molecular flexibility index (Phi) is 6.29. The van der Waals surface area contributed by atoms with Crippen LogP contribution in [0.25, 0.3) is 65.3 Å². The molecule has 1 heteroatoms. The highest BCUT2D eigenvalue weighted by molar-refractivity contribution is 6.17. The first-order chi connectivity index (χ1) is 24.5. The van der Waals surface area contributed by atoms with Gasteiger partial charge in [0.25, 0.3) is 0 Å². The number of benzene rings is 9. The molecular formula is C49H35N. The molecule has 0 N–H and O–H groups in total. The van der Waals surface area contributed by atoms with Crippen LogP contribution >= 0.6 is 0 Å². The zero-order chi connectivity index (χ0) is 33.4. The summed E-state index contributed by atoms with van der Waals surface area (Å²) in [5, 5.41) is 10.1. The van der Waals surface area contributed by atoms with Crippen molar-refractivity contribution in [1.82, 2.24) is 0 Å². The summed E-state index contributed by atoms with van der Waals surface area (Å²) in [5.74, 6) is 0. The quantitative estimate of drug-likeness (QED) is 0.174. The highest BCUT2D eigenvalue weighted by Crippen LogP contribution is 2.51. The van der Waals surface area contributed by atoms with E-state index in [1.165, 1.54) is 76.5 Å². The highest BCUT2D eigenvalue weighted by atomic mass is 15.1. The Balaban J connectivity index is 1.21. The molecule has 50 heavy (non-hydrogen) atoms. The molecule has 0 radical (unpaired) electrons. The molecule has 0 fully saturated rings. The normalized spacial score (nSPS) is 13.2. The fourth-order valence-corrected chi connectivity index (χ4v) is 8.50. The van der Waals surface area contributed by atoms with Gasteiger partial charge >= 0.3 is 0 Å². The standard InChI is InChI=1S/C49H35N/c1-49(2)46-17-9-7-16-44(46)45-31-38(24-28-47(45)49)50(48-18-10-8-15-41(48)35-20-19-32-11-3-4-13-34(32)29-35)37-23-27-40-36(30-37)22-26-42-39-14-6-5-12-33(39)21-25-43(40)42/h3-31H,1-2H3. The van der Waals surface area contributed by atoms with Crippen LogP contribution in [-0.4, -0.2) is 0 Å². The van der Waals surface area contributed by atoms with Gasteiger partial charge in [-0.25, -0.2) is 0 Å². The molecule has 0 bridgehead atoms. The molecule has 0 saturated heterocycles. The lowest BCUT2D eigenvalue weighted by molar-refractivity contribution is 0.660. The van der Waals surface area contributed by atoms with Crippen molar-refractivity contribution >= 4 is 60.2 Å². The molecule has 1 nitrogen and oxygen atoms in total. The van der Waals surface area contributed by atoms with Crippen LogP contribution in [0.1, 0.15) is 25.0 Å². The second-order valence-electron chi connectivity index (χ2n) is 14.2. The van der Waals surface area contributed by atoms with Gasteiger partial charge in [0.1, 0.15) is 0 Å². The number of nitrogens with zero attached hydrogens (tertiary/aromatic N) is 1. The van der Waals surface area contributed by atoms with Crippen molar-refractivity contribution in [3.63, 3.8) is 0 Å². The van der Waals surface area contributed by atoms with Crippen molar-refractivity contribution < 1.29 is 0 Å².